The maximum Gasteiger partial charge on any atom is 0.0710 e. The van der Waals surface area contributed by atoms with E-state index in [1.165, 1.54) is 33.3 Å². The molecular formula is C21H25N3O. The van der Waals surface area contributed by atoms with Gasteiger partial charge in [-0.1, -0.05) is 11.6 Å². The third kappa shape index (κ3) is 3.32. The second-order valence-corrected chi connectivity index (χ2v) is 7.36. The predicted molar refractivity (Wildman–Crippen MR) is 100 cm³/mol. The molecule has 2 aromatic heterocycles. The Balaban J connectivity index is 1.48. The van der Waals surface area contributed by atoms with Crippen LogP contribution in [0.2, 0.25) is 0 Å². The number of pyridine rings is 1. The van der Waals surface area contributed by atoms with Crippen LogP contribution in [0.3, 0.4) is 0 Å². The quantitative estimate of drug-likeness (QED) is 0.770. The molecule has 0 bridgehead atoms. The molecule has 1 aromatic carbocycles. The van der Waals surface area contributed by atoms with Crippen molar-refractivity contribution >= 4 is 10.9 Å². The van der Waals surface area contributed by atoms with E-state index in [9.17, 15) is 5.11 Å². The number of aromatic nitrogens is 2. The van der Waals surface area contributed by atoms with E-state index in [0.29, 0.717) is 0 Å². The van der Waals surface area contributed by atoms with Crippen LogP contribution in [0.15, 0.2) is 42.7 Å². The fourth-order valence-corrected chi connectivity index (χ4v) is 3.97. The smallest absolute Gasteiger partial charge is 0.0710 e. The molecule has 4 nitrogen and oxygen atoms in total. The molecular weight excluding hydrogens is 310 g/mol. The summed E-state index contributed by atoms with van der Waals surface area (Å²) in [5.41, 5.74) is 6.32. The Labute approximate surface area is 148 Å². The van der Waals surface area contributed by atoms with E-state index in [1.807, 2.05) is 24.5 Å². The highest BCUT2D eigenvalue weighted by atomic mass is 16.3. The van der Waals surface area contributed by atoms with Crippen LogP contribution in [0.5, 0.6) is 0 Å². The van der Waals surface area contributed by atoms with Gasteiger partial charge in [-0.2, -0.15) is 0 Å². The van der Waals surface area contributed by atoms with Gasteiger partial charge < -0.3 is 10.1 Å². The summed E-state index contributed by atoms with van der Waals surface area (Å²) in [4.78, 5) is 10.00. The normalized spacial score (nSPS) is 21.2. The number of aryl methyl sites for hydroxylation is 2. The van der Waals surface area contributed by atoms with Gasteiger partial charge >= 0.3 is 0 Å². The summed E-state index contributed by atoms with van der Waals surface area (Å²) in [7, 11) is 0. The minimum atomic E-state index is -0.264. The molecule has 0 radical (unpaired) electrons. The van der Waals surface area contributed by atoms with E-state index < -0.39 is 0 Å². The number of H-pyrrole nitrogens is 1. The highest BCUT2D eigenvalue weighted by Crippen LogP contribution is 2.27. The number of rotatable bonds is 4. The second-order valence-electron chi connectivity index (χ2n) is 7.36. The average Bonchev–Trinajstić information content (AvgIpc) is 3.09. The van der Waals surface area contributed by atoms with E-state index in [0.717, 1.165) is 26.1 Å². The van der Waals surface area contributed by atoms with Crippen LogP contribution in [0.1, 0.15) is 22.4 Å². The van der Waals surface area contributed by atoms with Crippen molar-refractivity contribution in [1.82, 2.24) is 14.9 Å². The minimum absolute atomic E-state index is 0.264. The number of hydrogen-bond acceptors (Lipinski definition) is 3. The Morgan fingerprint density at radius 1 is 1.16 bits per heavy atom. The van der Waals surface area contributed by atoms with Crippen molar-refractivity contribution < 1.29 is 5.11 Å². The van der Waals surface area contributed by atoms with Crippen molar-refractivity contribution in [2.75, 3.05) is 13.1 Å². The Morgan fingerprint density at radius 3 is 2.76 bits per heavy atom. The third-order valence-corrected chi connectivity index (χ3v) is 5.43. The molecule has 2 atom stereocenters. The minimum Gasteiger partial charge on any atom is -0.391 e. The van der Waals surface area contributed by atoms with Crippen molar-refractivity contribution in [1.29, 1.82) is 0 Å². The number of fused-ring (bicyclic) bond motifs is 1. The molecule has 3 heterocycles. The molecule has 0 saturated carbocycles. The topological polar surface area (TPSA) is 52.2 Å². The summed E-state index contributed by atoms with van der Waals surface area (Å²) in [5.74, 6) is 0.286. The first-order chi connectivity index (χ1) is 12.1. The van der Waals surface area contributed by atoms with Gasteiger partial charge in [-0.25, -0.2) is 0 Å². The van der Waals surface area contributed by atoms with Gasteiger partial charge in [-0.05, 0) is 55.7 Å². The van der Waals surface area contributed by atoms with Crippen molar-refractivity contribution in [2.45, 2.75) is 32.9 Å². The van der Waals surface area contributed by atoms with Gasteiger partial charge in [0.2, 0.25) is 0 Å². The van der Waals surface area contributed by atoms with E-state index in [1.54, 1.807) is 0 Å². The van der Waals surface area contributed by atoms with E-state index >= 15 is 0 Å². The second kappa shape index (κ2) is 6.62. The number of likely N-dealkylation sites (tertiary alicyclic amines) is 1. The summed E-state index contributed by atoms with van der Waals surface area (Å²) in [5, 5.41) is 11.8. The lowest BCUT2D eigenvalue weighted by Gasteiger charge is -2.15. The molecule has 4 heteroatoms. The number of β-amino-alcohol motifs (C(OH)–C–C–N with tert-alkyl or cyclic N) is 1. The van der Waals surface area contributed by atoms with Crippen LogP contribution in [0.25, 0.3) is 10.9 Å². The van der Waals surface area contributed by atoms with Crippen molar-refractivity contribution in [3.8, 4) is 0 Å². The molecule has 2 N–H and O–H groups in total. The molecule has 1 aliphatic heterocycles. The van der Waals surface area contributed by atoms with Crippen LogP contribution < -0.4 is 0 Å². The molecule has 1 fully saturated rings. The van der Waals surface area contributed by atoms with Gasteiger partial charge in [0.15, 0.2) is 0 Å². The zero-order valence-corrected chi connectivity index (χ0v) is 14.9. The lowest BCUT2D eigenvalue weighted by molar-refractivity contribution is 0.141. The Kier molecular flexibility index (Phi) is 4.32. The highest BCUT2D eigenvalue weighted by Gasteiger charge is 2.31. The lowest BCUT2D eigenvalue weighted by atomic mass is 9.97. The van der Waals surface area contributed by atoms with Crippen molar-refractivity contribution in [2.24, 2.45) is 5.92 Å². The summed E-state index contributed by atoms with van der Waals surface area (Å²) >= 11 is 0. The molecule has 3 aromatic rings. The molecule has 4 rings (SSSR count). The van der Waals surface area contributed by atoms with Gasteiger partial charge in [-0.15, -0.1) is 0 Å². The van der Waals surface area contributed by atoms with Gasteiger partial charge in [0.1, 0.15) is 0 Å². The Morgan fingerprint density at radius 2 is 1.96 bits per heavy atom. The Hall–Kier alpha value is -2.17. The highest BCUT2D eigenvalue weighted by molar-refractivity contribution is 5.85. The lowest BCUT2D eigenvalue weighted by Crippen LogP contribution is -2.22. The van der Waals surface area contributed by atoms with Gasteiger partial charge in [-0.3, -0.25) is 9.88 Å². The third-order valence-electron chi connectivity index (χ3n) is 5.43. The summed E-state index contributed by atoms with van der Waals surface area (Å²) in [6, 6.07) is 10.6. The number of aromatic amines is 1. The molecule has 0 aliphatic carbocycles. The average molecular weight is 335 g/mol. The Bertz CT molecular complexity index is 871. The molecule has 130 valence electrons. The first-order valence-corrected chi connectivity index (χ1v) is 8.97. The summed E-state index contributed by atoms with van der Waals surface area (Å²) < 4.78 is 0. The molecule has 0 spiro atoms. The van der Waals surface area contributed by atoms with Crippen LogP contribution in [-0.4, -0.2) is 39.2 Å². The summed E-state index contributed by atoms with van der Waals surface area (Å²) in [6.07, 6.45) is 4.29. The van der Waals surface area contributed by atoms with E-state index in [2.05, 4.69) is 46.9 Å². The van der Waals surface area contributed by atoms with Gasteiger partial charge in [0.05, 0.1) is 6.10 Å². The van der Waals surface area contributed by atoms with Crippen LogP contribution >= 0.6 is 0 Å². The number of nitrogens with one attached hydrogen (secondary N) is 1. The monoisotopic (exact) mass is 335 g/mol. The van der Waals surface area contributed by atoms with E-state index in [4.69, 9.17) is 0 Å². The fourth-order valence-electron chi connectivity index (χ4n) is 3.97. The number of hydrogen-bond donors (Lipinski definition) is 2. The van der Waals surface area contributed by atoms with Crippen LogP contribution in [-0.2, 0) is 13.0 Å². The molecule has 0 amide bonds. The maximum absolute atomic E-state index is 10.5. The zero-order valence-electron chi connectivity index (χ0n) is 14.9. The van der Waals surface area contributed by atoms with Crippen LogP contribution in [0.4, 0.5) is 0 Å². The first kappa shape index (κ1) is 16.3. The maximum atomic E-state index is 10.5. The predicted octanol–water partition coefficient (Wildman–Crippen LogP) is 3.22. The first-order valence-electron chi connectivity index (χ1n) is 8.97. The largest absolute Gasteiger partial charge is 0.391 e. The van der Waals surface area contributed by atoms with E-state index in [-0.39, 0.29) is 12.0 Å². The number of aliphatic hydroxyl groups is 1. The SMILES string of the molecule is Cc1ccc2[nH]c(CN3C[C@@H](Cc4ccncc4)[C@@H](O)C3)c(C)c2c1. The summed E-state index contributed by atoms with van der Waals surface area (Å²) in [6.45, 7) is 6.85. The molecule has 1 aliphatic rings. The number of aliphatic hydroxyl groups excluding tert-OH is 1. The van der Waals surface area contributed by atoms with Gasteiger partial charge in [0.25, 0.3) is 0 Å². The zero-order chi connectivity index (χ0) is 17.4. The molecule has 0 unspecified atom stereocenters. The molecule has 1 saturated heterocycles. The van der Waals surface area contributed by atoms with Crippen LogP contribution in [0, 0.1) is 19.8 Å². The number of benzene rings is 1. The number of nitrogens with zero attached hydrogens (tertiary/aromatic N) is 2. The van der Waals surface area contributed by atoms with Gasteiger partial charge in [0, 0.05) is 54.5 Å². The fraction of sp³-hybridized carbons (Fsp3) is 0.381. The van der Waals surface area contributed by atoms with Crippen molar-refractivity contribution in [3.63, 3.8) is 0 Å². The molecule has 25 heavy (non-hydrogen) atoms. The van der Waals surface area contributed by atoms with Crippen molar-refractivity contribution in [3.05, 3.63) is 65.1 Å². The standard InChI is InChI=1S/C21H25N3O/c1-14-3-4-19-18(9-14)15(2)20(23-19)12-24-11-17(21(25)13-24)10-16-5-7-22-8-6-16/h3-9,17,21,23,25H,10-13H2,1-2H3/t17-,21+/m1/s1.